The van der Waals surface area contributed by atoms with Crippen molar-refractivity contribution >= 4 is 28.2 Å². The molecule has 1 aromatic carbocycles. The van der Waals surface area contributed by atoms with E-state index in [0.717, 1.165) is 57.5 Å². The fourth-order valence-electron chi connectivity index (χ4n) is 4.51. The summed E-state index contributed by atoms with van der Waals surface area (Å²) in [6, 6.07) is 8.38. The Morgan fingerprint density at radius 2 is 1.97 bits per heavy atom. The second-order valence-electron chi connectivity index (χ2n) is 8.39. The molecule has 1 fully saturated rings. The number of piperazine rings is 1. The van der Waals surface area contributed by atoms with Gasteiger partial charge in [-0.2, -0.15) is 0 Å². The van der Waals surface area contributed by atoms with Crippen LogP contribution in [0.25, 0.3) is 0 Å². The summed E-state index contributed by atoms with van der Waals surface area (Å²) in [6.45, 7) is 8.58. The fourth-order valence-corrected chi connectivity index (χ4v) is 5.81. The number of carbonyl (C=O) groups is 2. The second-order valence-corrected chi connectivity index (χ2v) is 9.50. The van der Waals surface area contributed by atoms with Gasteiger partial charge in [-0.3, -0.25) is 19.4 Å². The summed E-state index contributed by atoms with van der Waals surface area (Å²) in [5, 5.41) is 3.63. The first-order valence-corrected chi connectivity index (χ1v) is 11.5. The monoisotopic (exact) mass is 426 g/mol. The van der Waals surface area contributed by atoms with Gasteiger partial charge in [-0.05, 0) is 44.2 Å². The molecule has 160 valence electrons. The highest BCUT2D eigenvalue weighted by molar-refractivity contribution is 7.17. The van der Waals surface area contributed by atoms with Crippen LogP contribution in [0.3, 0.4) is 0 Å². The number of benzene rings is 1. The van der Waals surface area contributed by atoms with Crippen molar-refractivity contribution in [2.24, 2.45) is 5.73 Å². The summed E-state index contributed by atoms with van der Waals surface area (Å²) in [4.78, 5) is 30.7. The van der Waals surface area contributed by atoms with Gasteiger partial charge >= 0.3 is 0 Å². The number of hydrogen-bond donors (Lipinski definition) is 2. The first kappa shape index (κ1) is 21.0. The van der Waals surface area contributed by atoms with Gasteiger partial charge in [0.2, 0.25) is 5.91 Å². The van der Waals surface area contributed by atoms with Gasteiger partial charge in [-0.1, -0.05) is 29.8 Å². The van der Waals surface area contributed by atoms with Gasteiger partial charge in [0, 0.05) is 37.6 Å². The van der Waals surface area contributed by atoms with Crippen LogP contribution < -0.4 is 11.1 Å². The number of primary amides is 1. The number of hydrogen-bond acceptors (Lipinski definition) is 5. The highest BCUT2D eigenvalue weighted by Gasteiger charge is 2.29. The minimum absolute atomic E-state index is 0.0652. The Kier molecular flexibility index (Phi) is 6.22. The number of anilines is 1. The van der Waals surface area contributed by atoms with E-state index in [1.165, 1.54) is 27.3 Å². The summed E-state index contributed by atoms with van der Waals surface area (Å²) < 4.78 is 0. The van der Waals surface area contributed by atoms with Gasteiger partial charge in [0.1, 0.15) is 5.00 Å². The van der Waals surface area contributed by atoms with Crippen molar-refractivity contribution in [1.82, 2.24) is 9.80 Å². The molecule has 2 heterocycles. The normalized spacial score (nSPS) is 18.2. The maximum atomic E-state index is 12.9. The van der Waals surface area contributed by atoms with E-state index in [1.54, 1.807) is 0 Å². The lowest BCUT2D eigenvalue weighted by Gasteiger charge is -2.37. The van der Waals surface area contributed by atoms with Gasteiger partial charge in [0.15, 0.2) is 0 Å². The minimum atomic E-state index is -0.442. The third-order valence-corrected chi connectivity index (χ3v) is 7.43. The summed E-state index contributed by atoms with van der Waals surface area (Å²) in [6.07, 6.45) is 2.89. The third-order valence-electron chi connectivity index (χ3n) is 6.23. The molecule has 0 bridgehead atoms. The Balaban J connectivity index is 1.34. The van der Waals surface area contributed by atoms with E-state index in [9.17, 15) is 9.59 Å². The first-order valence-electron chi connectivity index (χ1n) is 10.7. The molecule has 3 N–H and O–H groups in total. The molecule has 2 aliphatic rings. The Bertz CT molecular complexity index is 947. The van der Waals surface area contributed by atoms with E-state index >= 15 is 0 Å². The van der Waals surface area contributed by atoms with E-state index < -0.39 is 5.91 Å². The van der Waals surface area contributed by atoms with Gasteiger partial charge < -0.3 is 11.1 Å². The molecule has 1 aromatic heterocycles. The maximum absolute atomic E-state index is 12.9. The highest BCUT2D eigenvalue weighted by Crippen LogP contribution is 2.38. The summed E-state index contributed by atoms with van der Waals surface area (Å²) in [7, 11) is 0. The molecule has 1 saturated heterocycles. The Morgan fingerprint density at radius 3 is 2.67 bits per heavy atom. The number of rotatable bonds is 6. The zero-order valence-corrected chi connectivity index (χ0v) is 18.6. The molecule has 1 aliphatic heterocycles. The van der Waals surface area contributed by atoms with Crippen LogP contribution in [0.5, 0.6) is 0 Å². The molecule has 7 heteroatoms. The molecule has 1 aliphatic carbocycles. The molecule has 0 saturated carbocycles. The van der Waals surface area contributed by atoms with E-state index in [-0.39, 0.29) is 11.9 Å². The van der Waals surface area contributed by atoms with Crippen molar-refractivity contribution in [2.75, 3.05) is 31.5 Å². The predicted octanol–water partition coefficient (Wildman–Crippen LogP) is 2.79. The average molecular weight is 427 g/mol. The topological polar surface area (TPSA) is 78.7 Å². The van der Waals surface area contributed by atoms with Crippen molar-refractivity contribution in [2.45, 2.75) is 45.7 Å². The van der Waals surface area contributed by atoms with Crippen molar-refractivity contribution in [3.63, 3.8) is 0 Å². The number of nitrogens with zero attached hydrogens (tertiary/aromatic N) is 2. The predicted molar refractivity (Wildman–Crippen MR) is 121 cm³/mol. The van der Waals surface area contributed by atoms with Crippen LogP contribution in [0.2, 0.25) is 0 Å². The quantitative estimate of drug-likeness (QED) is 0.745. The molecule has 2 aromatic rings. The van der Waals surface area contributed by atoms with Crippen LogP contribution in [-0.2, 0) is 24.2 Å². The van der Waals surface area contributed by atoms with Crippen LogP contribution in [0, 0.1) is 6.92 Å². The number of thiophene rings is 1. The lowest BCUT2D eigenvalue weighted by atomic mass is 10.1. The molecule has 0 radical (unpaired) electrons. The zero-order valence-electron chi connectivity index (χ0n) is 17.7. The smallest absolute Gasteiger partial charge is 0.251 e. The molecule has 30 heavy (non-hydrogen) atoms. The van der Waals surface area contributed by atoms with Gasteiger partial charge in [-0.15, -0.1) is 11.3 Å². The van der Waals surface area contributed by atoms with E-state index in [0.29, 0.717) is 10.6 Å². The minimum Gasteiger partial charge on any atom is -0.365 e. The Morgan fingerprint density at radius 1 is 1.20 bits per heavy atom. The molecular weight excluding hydrogens is 396 g/mol. The van der Waals surface area contributed by atoms with Crippen LogP contribution in [-0.4, -0.2) is 53.8 Å². The molecular formula is C23H30N4O2S. The van der Waals surface area contributed by atoms with Crippen molar-refractivity contribution in [1.29, 1.82) is 0 Å². The third kappa shape index (κ3) is 4.43. The number of fused-ring (bicyclic) bond motifs is 1. The Labute approximate surface area is 182 Å². The first-order chi connectivity index (χ1) is 14.4. The molecule has 6 nitrogen and oxygen atoms in total. The SMILES string of the molecule is Cc1cccc(CN2CCN(C(C)C(=O)Nc3sc4c(c3C(N)=O)CCC4)CC2)c1. The number of carbonyl (C=O) groups excluding carboxylic acids is 2. The molecule has 4 rings (SSSR count). The van der Waals surface area contributed by atoms with Crippen molar-refractivity contribution < 1.29 is 9.59 Å². The number of amides is 2. The van der Waals surface area contributed by atoms with Crippen LogP contribution in [0.4, 0.5) is 5.00 Å². The Hall–Kier alpha value is -2.22. The van der Waals surface area contributed by atoms with Crippen molar-refractivity contribution in [3.8, 4) is 0 Å². The average Bonchev–Trinajstić information content (AvgIpc) is 3.28. The van der Waals surface area contributed by atoms with Gasteiger partial charge in [0.05, 0.1) is 11.6 Å². The molecule has 0 spiro atoms. The maximum Gasteiger partial charge on any atom is 0.251 e. The highest BCUT2D eigenvalue weighted by atomic mass is 32.1. The standard InChI is InChI=1S/C23H30N4O2S/c1-15-5-3-6-17(13-15)14-26-9-11-27(12-10-26)16(2)22(29)25-23-20(21(24)28)18-7-4-8-19(18)30-23/h3,5-6,13,16H,4,7-12,14H2,1-2H3,(H2,24,28)(H,25,29). The van der Waals surface area contributed by atoms with Crippen LogP contribution >= 0.6 is 11.3 Å². The van der Waals surface area contributed by atoms with Crippen LogP contribution in [0.15, 0.2) is 24.3 Å². The van der Waals surface area contributed by atoms with Gasteiger partial charge in [-0.25, -0.2) is 0 Å². The molecule has 2 amide bonds. The largest absolute Gasteiger partial charge is 0.365 e. The second kappa shape index (κ2) is 8.88. The summed E-state index contributed by atoms with van der Waals surface area (Å²) in [5.41, 5.74) is 9.80. The number of nitrogens with one attached hydrogen (secondary N) is 1. The summed E-state index contributed by atoms with van der Waals surface area (Å²) in [5.74, 6) is -0.508. The van der Waals surface area contributed by atoms with Crippen LogP contribution in [0.1, 0.15) is 45.3 Å². The number of nitrogens with two attached hydrogens (primary N) is 1. The lowest BCUT2D eigenvalue weighted by Crippen LogP contribution is -2.52. The van der Waals surface area contributed by atoms with Gasteiger partial charge in [0.25, 0.3) is 5.91 Å². The molecule has 1 atom stereocenters. The van der Waals surface area contributed by atoms with E-state index in [1.807, 2.05) is 6.92 Å². The molecule has 1 unspecified atom stereocenters. The van der Waals surface area contributed by atoms with E-state index in [4.69, 9.17) is 5.73 Å². The zero-order chi connectivity index (χ0) is 21.3. The summed E-state index contributed by atoms with van der Waals surface area (Å²) >= 11 is 1.51. The fraction of sp³-hybridized carbons (Fsp3) is 0.478. The number of aryl methyl sites for hydroxylation is 2. The lowest BCUT2D eigenvalue weighted by molar-refractivity contribution is -0.121. The van der Waals surface area contributed by atoms with E-state index in [2.05, 4.69) is 46.3 Å². The van der Waals surface area contributed by atoms with Crippen molar-refractivity contribution in [3.05, 3.63) is 51.4 Å².